The maximum Gasteiger partial charge on any atom is 0.417 e. The Morgan fingerprint density at radius 3 is 2.77 bits per heavy atom. The number of fused-ring (bicyclic) bond motifs is 1. The molecule has 1 aliphatic carbocycles. The van der Waals surface area contributed by atoms with Gasteiger partial charge in [-0.05, 0) is 48.4 Å². The summed E-state index contributed by atoms with van der Waals surface area (Å²) >= 11 is 7.12. The third kappa shape index (κ3) is 3.74. The Kier molecular flexibility index (Phi) is 4.97. The Balaban J connectivity index is 1.68. The van der Waals surface area contributed by atoms with Crippen molar-refractivity contribution < 1.29 is 18.0 Å². The number of ketones is 1. The van der Waals surface area contributed by atoms with Gasteiger partial charge in [-0.3, -0.25) is 4.79 Å². The Hall–Kier alpha value is -2.32. The normalized spacial score (nSPS) is 15.8. The Morgan fingerprint density at radius 2 is 2.07 bits per heavy atom. The second-order valence-electron chi connectivity index (χ2n) is 8.25. The van der Waals surface area contributed by atoms with Crippen LogP contribution < -0.4 is 5.73 Å². The zero-order valence-corrected chi connectivity index (χ0v) is 17.9. The Bertz CT molecular complexity index is 1150. The average Bonchev–Trinajstić information content (AvgIpc) is 3.23. The molecule has 2 heterocycles. The molecule has 30 heavy (non-hydrogen) atoms. The minimum Gasteiger partial charge on any atom is -0.390 e. The van der Waals surface area contributed by atoms with Gasteiger partial charge >= 0.3 is 6.18 Å². The summed E-state index contributed by atoms with van der Waals surface area (Å²) in [6.07, 6.45) is 0.784. The molecule has 3 aromatic rings. The van der Waals surface area contributed by atoms with Gasteiger partial charge in [0.05, 0.1) is 38.6 Å². The standard InChI is InChI=1S/C21H19ClF3N3OS/c1-20(2)6-5-13-16(8-20)30-19(26)17(13)18(29)11-9-27-28(10-11)12-3-4-15(22)14(7-12)21(23,24)25/h3-4,7,9-10H,5-6,8,26H2,1-2H3. The lowest BCUT2D eigenvalue weighted by atomic mass is 9.76. The predicted octanol–water partition coefficient (Wildman–Crippen LogP) is 5.93. The average molecular weight is 454 g/mol. The van der Waals surface area contributed by atoms with E-state index in [1.807, 2.05) is 0 Å². The zero-order valence-electron chi connectivity index (χ0n) is 16.3. The van der Waals surface area contributed by atoms with Crippen LogP contribution in [0.1, 0.15) is 52.2 Å². The number of nitrogens with two attached hydrogens (primary N) is 1. The van der Waals surface area contributed by atoms with Gasteiger partial charge in [0.15, 0.2) is 5.78 Å². The summed E-state index contributed by atoms with van der Waals surface area (Å²) in [6.45, 7) is 4.39. The molecule has 9 heteroatoms. The summed E-state index contributed by atoms with van der Waals surface area (Å²) < 4.78 is 40.7. The van der Waals surface area contributed by atoms with E-state index in [4.69, 9.17) is 17.3 Å². The smallest absolute Gasteiger partial charge is 0.390 e. The van der Waals surface area contributed by atoms with E-state index in [-0.39, 0.29) is 22.4 Å². The maximum absolute atomic E-state index is 13.2. The molecule has 0 bridgehead atoms. The van der Waals surface area contributed by atoms with E-state index in [9.17, 15) is 18.0 Å². The highest BCUT2D eigenvalue weighted by Gasteiger charge is 2.34. The summed E-state index contributed by atoms with van der Waals surface area (Å²) in [7, 11) is 0. The highest BCUT2D eigenvalue weighted by Crippen LogP contribution is 2.43. The number of halogens is 4. The van der Waals surface area contributed by atoms with Gasteiger partial charge in [0.1, 0.15) is 0 Å². The molecule has 4 nitrogen and oxygen atoms in total. The zero-order chi connectivity index (χ0) is 21.8. The van der Waals surface area contributed by atoms with Gasteiger partial charge in [-0.25, -0.2) is 4.68 Å². The van der Waals surface area contributed by atoms with Crippen LogP contribution >= 0.6 is 22.9 Å². The van der Waals surface area contributed by atoms with Crippen molar-refractivity contribution in [2.45, 2.75) is 39.3 Å². The first-order valence-electron chi connectivity index (χ1n) is 9.33. The number of aromatic nitrogens is 2. The van der Waals surface area contributed by atoms with Gasteiger partial charge in [-0.1, -0.05) is 25.4 Å². The van der Waals surface area contributed by atoms with Crippen molar-refractivity contribution in [3.8, 4) is 5.69 Å². The number of rotatable bonds is 3. The number of anilines is 1. The van der Waals surface area contributed by atoms with Gasteiger partial charge < -0.3 is 5.73 Å². The fourth-order valence-corrected chi connectivity index (χ4v) is 5.37. The van der Waals surface area contributed by atoms with E-state index >= 15 is 0 Å². The number of benzene rings is 1. The van der Waals surface area contributed by atoms with Crippen LogP contribution in [-0.4, -0.2) is 15.6 Å². The molecular weight excluding hydrogens is 435 g/mol. The van der Waals surface area contributed by atoms with Crippen molar-refractivity contribution in [1.82, 2.24) is 9.78 Å². The van der Waals surface area contributed by atoms with Crippen molar-refractivity contribution >= 4 is 33.7 Å². The lowest BCUT2D eigenvalue weighted by Crippen LogP contribution is -2.22. The first-order chi connectivity index (χ1) is 14.0. The van der Waals surface area contributed by atoms with Crippen molar-refractivity contribution in [3.63, 3.8) is 0 Å². The number of hydrogen-bond donors (Lipinski definition) is 1. The lowest BCUT2D eigenvalue weighted by molar-refractivity contribution is -0.137. The number of carbonyl (C=O) groups excluding carboxylic acids is 1. The number of hydrogen-bond acceptors (Lipinski definition) is 4. The minimum atomic E-state index is -4.59. The van der Waals surface area contributed by atoms with E-state index in [1.54, 1.807) is 0 Å². The van der Waals surface area contributed by atoms with Crippen LogP contribution in [-0.2, 0) is 19.0 Å². The minimum absolute atomic E-state index is 0.160. The van der Waals surface area contributed by atoms with E-state index < -0.39 is 16.8 Å². The fourth-order valence-electron chi connectivity index (χ4n) is 3.77. The summed E-state index contributed by atoms with van der Waals surface area (Å²) in [5, 5.41) is 4.16. The largest absolute Gasteiger partial charge is 0.417 e. The molecule has 4 rings (SSSR count). The number of nitrogens with zero attached hydrogens (tertiary/aromatic N) is 2. The number of thiophene rings is 1. The molecule has 0 atom stereocenters. The second kappa shape index (κ2) is 7.13. The molecule has 0 aliphatic heterocycles. The Labute approximate surface area is 180 Å². The second-order valence-corrected chi connectivity index (χ2v) is 9.79. The van der Waals surface area contributed by atoms with E-state index in [2.05, 4.69) is 18.9 Å². The highest BCUT2D eigenvalue weighted by molar-refractivity contribution is 7.16. The van der Waals surface area contributed by atoms with E-state index in [0.29, 0.717) is 10.6 Å². The predicted molar refractivity (Wildman–Crippen MR) is 112 cm³/mol. The molecule has 2 N–H and O–H groups in total. The molecule has 0 spiro atoms. The SMILES string of the molecule is CC1(C)CCc2c(sc(N)c2C(=O)c2cnn(-c3ccc(Cl)c(C(F)(F)F)c3)c2)C1. The highest BCUT2D eigenvalue weighted by atomic mass is 35.5. The summed E-state index contributed by atoms with van der Waals surface area (Å²) in [5.41, 5.74) is 7.31. The van der Waals surface area contributed by atoms with Crippen molar-refractivity contribution in [2.75, 3.05) is 5.73 Å². The molecule has 1 aliphatic rings. The van der Waals surface area contributed by atoms with Crippen molar-refractivity contribution in [3.05, 3.63) is 62.7 Å². The molecule has 158 valence electrons. The summed E-state index contributed by atoms with van der Waals surface area (Å²) in [5.74, 6) is -0.263. The first kappa shape index (κ1) is 20.9. The van der Waals surface area contributed by atoms with Crippen molar-refractivity contribution in [1.29, 1.82) is 0 Å². The number of carbonyl (C=O) groups is 1. The quantitative estimate of drug-likeness (QED) is 0.499. The molecule has 2 aromatic heterocycles. The lowest BCUT2D eigenvalue weighted by Gasteiger charge is -2.29. The topological polar surface area (TPSA) is 60.9 Å². The molecule has 0 unspecified atom stereocenters. The van der Waals surface area contributed by atoms with E-state index in [0.717, 1.165) is 41.8 Å². The molecule has 1 aromatic carbocycles. The molecule has 0 radical (unpaired) electrons. The van der Waals surface area contributed by atoms with E-state index in [1.165, 1.54) is 34.5 Å². The summed E-state index contributed by atoms with van der Waals surface area (Å²) in [6, 6.07) is 3.49. The van der Waals surface area contributed by atoms with Crippen LogP contribution in [0.3, 0.4) is 0 Å². The van der Waals surface area contributed by atoms with Crippen LogP contribution in [0, 0.1) is 5.41 Å². The molecule has 0 fully saturated rings. The van der Waals surface area contributed by atoms with Gasteiger partial charge in [0, 0.05) is 11.1 Å². The van der Waals surface area contributed by atoms with Gasteiger partial charge in [0.2, 0.25) is 0 Å². The Morgan fingerprint density at radius 1 is 1.33 bits per heavy atom. The number of nitrogen functional groups attached to an aromatic ring is 1. The van der Waals surface area contributed by atoms with Crippen LogP contribution in [0.15, 0.2) is 30.6 Å². The van der Waals surface area contributed by atoms with Crippen LogP contribution in [0.25, 0.3) is 5.69 Å². The van der Waals surface area contributed by atoms with Crippen LogP contribution in [0.5, 0.6) is 0 Å². The van der Waals surface area contributed by atoms with Crippen molar-refractivity contribution in [2.24, 2.45) is 5.41 Å². The van der Waals surface area contributed by atoms with Crippen LogP contribution in [0.4, 0.5) is 18.2 Å². The van der Waals surface area contributed by atoms with Gasteiger partial charge in [-0.2, -0.15) is 18.3 Å². The summed E-state index contributed by atoms with van der Waals surface area (Å²) in [4.78, 5) is 14.3. The van der Waals surface area contributed by atoms with Gasteiger partial charge in [0.25, 0.3) is 0 Å². The van der Waals surface area contributed by atoms with Crippen LogP contribution in [0.2, 0.25) is 5.02 Å². The monoisotopic (exact) mass is 453 g/mol. The van der Waals surface area contributed by atoms with Gasteiger partial charge in [-0.15, -0.1) is 11.3 Å². The fraction of sp³-hybridized carbons (Fsp3) is 0.333. The molecular formula is C21H19ClF3N3OS. The first-order valence-corrected chi connectivity index (χ1v) is 10.5. The molecule has 0 saturated carbocycles. The molecule has 0 saturated heterocycles. The third-order valence-corrected chi connectivity index (χ3v) is 6.79. The number of alkyl halides is 3. The maximum atomic E-state index is 13.2. The third-order valence-electron chi connectivity index (χ3n) is 5.40. The molecule has 0 amide bonds.